The Labute approximate surface area is 82.1 Å². The molecule has 1 fully saturated rings. The average molecular weight is 184 g/mol. The third-order valence-corrected chi connectivity index (χ3v) is 3.37. The third-order valence-electron chi connectivity index (χ3n) is 3.37. The summed E-state index contributed by atoms with van der Waals surface area (Å²) in [5.74, 6) is 0.597. The van der Waals surface area contributed by atoms with E-state index in [0.717, 1.165) is 12.8 Å². The lowest BCUT2D eigenvalue weighted by molar-refractivity contribution is 0.0830. The summed E-state index contributed by atoms with van der Waals surface area (Å²) in [7, 11) is 0. The SMILES string of the molecule is CC(C)(C)C1CCC(N)CC1(C)N. The van der Waals surface area contributed by atoms with Crippen LogP contribution in [-0.4, -0.2) is 11.6 Å². The Morgan fingerprint density at radius 3 is 2.15 bits per heavy atom. The molecule has 0 aliphatic heterocycles. The van der Waals surface area contributed by atoms with Crippen LogP contribution in [0.3, 0.4) is 0 Å². The monoisotopic (exact) mass is 184 g/mol. The van der Waals surface area contributed by atoms with Crippen LogP contribution in [0, 0.1) is 11.3 Å². The van der Waals surface area contributed by atoms with E-state index < -0.39 is 0 Å². The molecule has 3 atom stereocenters. The van der Waals surface area contributed by atoms with Crippen molar-refractivity contribution in [1.82, 2.24) is 0 Å². The van der Waals surface area contributed by atoms with Gasteiger partial charge in [-0.1, -0.05) is 20.8 Å². The summed E-state index contributed by atoms with van der Waals surface area (Å²) in [6, 6.07) is 0.314. The molecule has 4 N–H and O–H groups in total. The van der Waals surface area contributed by atoms with Crippen LogP contribution in [-0.2, 0) is 0 Å². The van der Waals surface area contributed by atoms with Gasteiger partial charge in [-0.3, -0.25) is 0 Å². The first-order chi connectivity index (χ1) is 5.73. The van der Waals surface area contributed by atoms with Gasteiger partial charge in [0, 0.05) is 11.6 Å². The summed E-state index contributed by atoms with van der Waals surface area (Å²) in [6.45, 7) is 8.99. The molecule has 0 aromatic heterocycles. The zero-order valence-electron chi connectivity index (χ0n) is 9.43. The minimum atomic E-state index is -0.0735. The highest BCUT2D eigenvalue weighted by atomic mass is 14.8. The number of rotatable bonds is 0. The van der Waals surface area contributed by atoms with Gasteiger partial charge in [0.2, 0.25) is 0 Å². The van der Waals surface area contributed by atoms with E-state index >= 15 is 0 Å². The van der Waals surface area contributed by atoms with Gasteiger partial charge in [-0.15, -0.1) is 0 Å². The van der Waals surface area contributed by atoms with E-state index in [1.807, 2.05) is 0 Å². The van der Waals surface area contributed by atoms with Crippen LogP contribution < -0.4 is 11.5 Å². The van der Waals surface area contributed by atoms with Crippen LogP contribution in [0.5, 0.6) is 0 Å². The third kappa shape index (κ3) is 2.44. The quantitative estimate of drug-likeness (QED) is 0.604. The molecular weight excluding hydrogens is 160 g/mol. The van der Waals surface area contributed by atoms with Gasteiger partial charge in [0.1, 0.15) is 0 Å². The normalized spacial score (nSPS) is 42.0. The van der Waals surface area contributed by atoms with Crippen molar-refractivity contribution >= 4 is 0 Å². The fraction of sp³-hybridized carbons (Fsp3) is 1.00. The van der Waals surface area contributed by atoms with Gasteiger partial charge < -0.3 is 11.5 Å². The lowest BCUT2D eigenvalue weighted by Crippen LogP contribution is -2.55. The van der Waals surface area contributed by atoms with Crippen LogP contribution in [0.4, 0.5) is 0 Å². The van der Waals surface area contributed by atoms with E-state index in [-0.39, 0.29) is 5.54 Å². The van der Waals surface area contributed by atoms with E-state index in [0.29, 0.717) is 17.4 Å². The van der Waals surface area contributed by atoms with E-state index in [1.54, 1.807) is 0 Å². The van der Waals surface area contributed by atoms with Crippen LogP contribution >= 0.6 is 0 Å². The van der Waals surface area contributed by atoms with Crippen molar-refractivity contribution in [3.63, 3.8) is 0 Å². The molecule has 1 aliphatic carbocycles. The Morgan fingerprint density at radius 2 is 1.77 bits per heavy atom. The number of hydrogen-bond donors (Lipinski definition) is 2. The zero-order chi connectivity index (χ0) is 10.3. The first-order valence-corrected chi connectivity index (χ1v) is 5.28. The molecule has 1 rings (SSSR count). The second-order valence-electron chi connectivity index (χ2n) is 5.97. The molecule has 0 amide bonds. The van der Waals surface area contributed by atoms with Crippen molar-refractivity contribution in [1.29, 1.82) is 0 Å². The van der Waals surface area contributed by atoms with Crippen molar-refractivity contribution < 1.29 is 0 Å². The summed E-state index contributed by atoms with van der Waals surface area (Å²) in [5.41, 5.74) is 12.5. The van der Waals surface area contributed by atoms with Crippen molar-refractivity contribution in [2.24, 2.45) is 22.8 Å². The Balaban J connectivity index is 2.76. The van der Waals surface area contributed by atoms with E-state index in [9.17, 15) is 0 Å². The Kier molecular flexibility index (Phi) is 2.75. The molecule has 78 valence electrons. The molecule has 3 unspecified atom stereocenters. The standard InChI is InChI=1S/C11H24N2/c1-10(2,3)9-6-5-8(12)7-11(9,4)13/h8-9H,5-7,12-13H2,1-4H3. The van der Waals surface area contributed by atoms with Crippen molar-refractivity contribution in [3.8, 4) is 0 Å². The van der Waals surface area contributed by atoms with E-state index in [4.69, 9.17) is 11.5 Å². The first-order valence-electron chi connectivity index (χ1n) is 5.28. The molecule has 2 nitrogen and oxygen atoms in total. The lowest BCUT2D eigenvalue weighted by atomic mass is 9.62. The van der Waals surface area contributed by atoms with Gasteiger partial charge in [0.15, 0.2) is 0 Å². The zero-order valence-corrected chi connectivity index (χ0v) is 9.43. The van der Waals surface area contributed by atoms with Gasteiger partial charge in [-0.25, -0.2) is 0 Å². The smallest absolute Gasteiger partial charge is 0.0174 e. The molecule has 0 bridgehead atoms. The van der Waals surface area contributed by atoms with Gasteiger partial charge in [0.05, 0.1) is 0 Å². The summed E-state index contributed by atoms with van der Waals surface area (Å²) in [5, 5.41) is 0. The maximum absolute atomic E-state index is 6.32. The Bertz CT molecular complexity index is 179. The highest BCUT2D eigenvalue weighted by Gasteiger charge is 2.42. The predicted octanol–water partition coefficient (Wildman–Crippen LogP) is 1.88. The summed E-state index contributed by atoms with van der Waals surface area (Å²) in [4.78, 5) is 0. The molecule has 0 radical (unpaired) electrons. The minimum Gasteiger partial charge on any atom is -0.328 e. The predicted molar refractivity (Wildman–Crippen MR) is 57.4 cm³/mol. The van der Waals surface area contributed by atoms with E-state index in [2.05, 4.69) is 27.7 Å². The first kappa shape index (κ1) is 11.0. The van der Waals surface area contributed by atoms with Crippen molar-refractivity contribution in [3.05, 3.63) is 0 Å². The Hall–Kier alpha value is -0.0800. The maximum atomic E-state index is 6.32. The van der Waals surface area contributed by atoms with Gasteiger partial charge >= 0.3 is 0 Å². The largest absolute Gasteiger partial charge is 0.328 e. The molecule has 0 aromatic carbocycles. The Morgan fingerprint density at radius 1 is 1.23 bits per heavy atom. The van der Waals surface area contributed by atoms with Crippen LogP contribution in [0.1, 0.15) is 47.0 Å². The molecule has 0 spiro atoms. The van der Waals surface area contributed by atoms with Crippen LogP contribution in [0.2, 0.25) is 0 Å². The van der Waals surface area contributed by atoms with Gasteiger partial charge in [0.25, 0.3) is 0 Å². The fourth-order valence-corrected chi connectivity index (χ4v) is 2.94. The molecule has 1 aliphatic rings. The van der Waals surface area contributed by atoms with Crippen LogP contribution in [0.15, 0.2) is 0 Å². The molecule has 1 saturated carbocycles. The summed E-state index contributed by atoms with van der Waals surface area (Å²) < 4.78 is 0. The molecule has 0 heterocycles. The molecule has 13 heavy (non-hydrogen) atoms. The molecule has 2 heteroatoms. The highest BCUT2D eigenvalue weighted by molar-refractivity contribution is 4.99. The number of hydrogen-bond acceptors (Lipinski definition) is 2. The van der Waals surface area contributed by atoms with E-state index in [1.165, 1.54) is 6.42 Å². The summed E-state index contributed by atoms with van der Waals surface area (Å²) >= 11 is 0. The highest BCUT2D eigenvalue weighted by Crippen LogP contribution is 2.42. The van der Waals surface area contributed by atoms with Crippen molar-refractivity contribution in [2.75, 3.05) is 0 Å². The summed E-state index contributed by atoms with van der Waals surface area (Å²) in [6.07, 6.45) is 3.28. The van der Waals surface area contributed by atoms with Crippen molar-refractivity contribution in [2.45, 2.75) is 58.5 Å². The van der Waals surface area contributed by atoms with Gasteiger partial charge in [-0.2, -0.15) is 0 Å². The second kappa shape index (κ2) is 3.25. The minimum absolute atomic E-state index is 0.0735. The number of nitrogens with two attached hydrogens (primary N) is 2. The van der Waals surface area contributed by atoms with Crippen LogP contribution in [0.25, 0.3) is 0 Å². The molecule has 0 saturated heterocycles. The lowest BCUT2D eigenvalue weighted by Gasteiger charge is -2.47. The maximum Gasteiger partial charge on any atom is 0.0174 e. The molecule has 0 aromatic rings. The molecular formula is C11H24N2. The fourth-order valence-electron chi connectivity index (χ4n) is 2.94. The van der Waals surface area contributed by atoms with Gasteiger partial charge in [-0.05, 0) is 37.5 Å². The topological polar surface area (TPSA) is 52.0 Å². The second-order valence-corrected chi connectivity index (χ2v) is 5.97. The average Bonchev–Trinajstić information content (AvgIpc) is 1.79.